The van der Waals surface area contributed by atoms with Crippen molar-refractivity contribution in [2.24, 2.45) is 11.1 Å². The minimum absolute atomic E-state index is 0.0847. The Morgan fingerprint density at radius 1 is 0.878 bits per heavy atom. The number of esters is 1. The molecule has 0 radical (unpaired) electrons. The third-order valence-electron chi connectivity index (χ3n) is 5.10. The maximum absolute atomic E-state index is 12.7. The fourth-order valence-electron chi connectivity index (χ4n) is 2.85. The van der Waals surface area contributed by atoms with Gasteiger partial charge in [-0.2, -0.15) is 0 Å². The van der Waals surface area contributed by atoms with Gasteiger partial charge in [-0.05, 0) is 25.7 Å². The molecule has 0 unspecified atom stereocenters. The van der Waals surface area contributed by atoms with Crippen LogP contribution in [0.2, 0.25) is 0 Å². The van der Waals surface area contributed by atoms with Crippen LogP contribution in [0.5, 0.6) is 0 Å². The second-order valence-electron chi connectivity index (χ2n) is 8.51. The quantitative estimate of drug-likeness (QED) is 0.0315. The molecule has 41 heavy (non-hydrogen) atoms. The molecule has 0 aromatic heterocycles. The number of nitrogens with one attached hydrogen (secondary N) is 2. The van der Waals surface area contributed by atoms with Crippen molar-refractivity contribution in [2.45, 2.75) is 51.1 Å². The Balaban J connectivity index is 5.33. The number of hydrogen-bond donors (Lipinski definition) is 4. The molecule has 22 nitrogen and oxygen atoms in total. The molecule has 2 atom stereocenters. The lowest BCUT2D eigenvalue weighted by Gasteiger charge is -2.30. The van der Waals surface area contributed by atoms with E-state index in [1.165, 1.54) is 0 Å². The summed E-state index contributed by atoms with van der Waals surface area (Å²) in [6, 6.07) is -2.70. The Bertz CT molecular complexity index is 930. The fraction of sp³-hybridized carbons (Fsp3) is 0.737. The highest BCUT2D eigenvalue weighted by atomic mass is 17.0. The number of nitrogens with two attached hydrogens (primary N) is 1. The number of carboxylic acid groups (broad SMARTS) is 1. The van der Waals surface area contributed by atoms with E-state index in [1.807, 2.05) is 0 Å². The summed E-state index contributed by atoms with van der Waals surface area (Å²) in [6.45, 7) is -3.32. The molecule has 0 aromatic rings. The van der Waals surface area contributed by atoms with Crippen LogP contribution in [-0.2, 0) is 43.2 Å². The lowest BCUT2D eigenvalue weighted by atomic mass is 9.92. The van der Waals surface area contributed by atoms with Gasteiger partial charge in [0.15, 0.2) is 0 Å². The van der Waals surface area contributed by atoms with E-state index in [1.54, 1.807) is 0 Å². The molecule has 232 valence electrons. The standard InChI is InChI=1S/C19H30N6O16/c1-12(26)16(28)22-14(4-2-3-7-21-15(27)6-5-13(20)17(29)30)18(31)38-8-19(9-39-23(32)33,10-40-24(34)35)11-41-25(36)37/h13-14H,2-11,20H2,1H3,(H,21,27)(H,22,28)(H,29,30)/t13-,14-/m0/s1. The molecular weight excluding hydrogens is 568 g/mol. The lowest BCUT2D eigenvalue weighted by molar-refractivity contribution is -0.782. The van der Waals surface area contributed by atoms with Crippen LogP contribution in [0.1, 0.15) is 39.0 Å². The molecule has 0 saturated heterocycles. The normalized spacial score (nSPS) is 12.1. The van der Waals surface area contributed by atoms with Crippen LogP contribution in [0.15, 0.2) is 0 Å². The summed E-state index contributed by atoms with van der Waals surface area (Å²) in [5.41, 5.74) is 3.18. The third-order valence-corrected chi connectivity index (χ3v) is 5.10. The lowest BCUT2D eigenvalue weighted by Crippen LogP contribution is -2.48. The van der Waals surface area contributed by atoms with Gasteiger partial charge in [-0.15, -0.1) is 30.3 Å². The highest BCUT2D eigenvalue weighted by Gasteiger charge is 2.38. The molecule has 0 spiro atoms. The van der Waals surface area contributed by atoms with Crippen molar-refractivity contribution in [3.8, 4) is 0 Å². The first-order valence-corrected chi connectivity index (χ1v) is 11.6. The first-order chi connectivity index (χ1) is 19.1. The number of hydrogen-bond acceptors (Lipinski definition) is 16. The number of Topliss-reactive ketones (excluding diaryl/α,β-unsaturated/α-hetero) is 1. The van der Waals surface area contributed by atoms with Crippen LogP contribution in [0.4, 0.5) is 0 Å². The molecule has 0 saturated carbocycles. The second kappa shape index (κ2) is 18.4. The minimum Gasteiger partial charge on any atom is -0.480 e. The third kappa shape index (κ3) is 16.6. The number of carboxylic acids is 1. The first-order valence-electron chi connectivity index (χ1n) is 11.6. The minimum atomic E-state index is -2.13. The zero-order valence-electron chi connectivity index (χ0n) is 21.7. The number of ether oxygens (including phenoxy) is 1. The molecule has 0 heterocycles. The Labute approximate surface area is 230 Å². The van der Waals surface area contributed by atoms with E-state index < -0.39 is 88.7 Å². The predicted molar refractivity (Wildman–Crippen MR) is 127 cm³/mol. The highest BCUT2D eigenvalue weighted by molar-refractivity contribution is 6.35. The van der Waals surface area contributed by atoms with Crippen LogP contribution in [0.25, 0.3) is 0 Å². The molecule has 2 amide bonds. The smallest absolute Gasteiger partial charge is 0.328 e. The molecule has 0 fully saturated rings. The van der Waals surface area contributed by atoms with Gasteiger partial charge in [0.2, 0.25) is 11.7 Å². The molecule has 5 N–H and O–H groups in total. The van der Waals surface area contributed by atoms with E-state index in [-0.39, 0.29) is 38.6 Å². The van der Waals surface area contributed by atoms with E-state index in [9.17, 15) is 54.3 Å². The molecule has 0 bridgehead atoms. The van der Waals surface area contributed by atoms with Gasteiger partial charge < -0.3 is 40.7 Å². The first kappa shape index (κ1) is 36.1. The summed E-state index contributed by atoms with van der Waals surface area (Å²) >= 11 is 0. The van der Waals surface area contributed by atoms with E-state index in [4.69, 9.17) is 15.6 Å². The summed E-state index contributed by atoms with van der Waals surface area (Å²) in [4.78, 5) is 103. The molecule has 0 aliphatic heterocycles. The predicted octanol–water partition coefficient (Wildman–Crippen LogP) is -2.31. The number of nitrogens with zero attached hydrogens (tertiary/aromatic N) is 3. The van der Waals surface area contributed by atoms with Crippen molar-refractivity contribution in [2.75, 3.05) is 33.0 Å². The Morgan fingerprint density at radius 2 is 1.39 bits per heavy atom. The topological polar surface area (TPSA) is 322 Å². The number of ketones is 1. The number of unbranched alkanes of at least 4 members (excludes halogenated alkanes) is 1. The summed E-state index contributed by atoms with van der Waals surface area (Å²) < 4.78 is 5.01. The van der Waals surface area contributed by atoms with Crippen molar-refractivity contribution in [3.63, 3.8) is 0 Å². The largest absolute Gasteiger partial charge is 0.480 e. The van der Waals surface area contributed by atoms with E-state index >= 15 is 0 Å². The van der Waals surface area contributed by atoms with Crippen LogP contribution in [-0.4, -0.2) is 95.0 Å². The molecular formula is C19H30N6O16. The Kier molecular flexibility index (Phi) is 16.2. The number of rotatable bonds is 23. The molecule has 0 rings (SSSR count). The average Bonchev–Trinajstić information content (AvgIpc) is 2.89. The van der Waals surface area contributed by atoms with Crippen molar-refractivity contribution in [1.29, 1.82) is 0 Å². The summed E-state index contributed by atoms with van der Waals surface area (Å²) in [5.74, 6) is -5.11. The maximum Gasteiger partial charge on any atom is 0.328 e. The summed E-state index contributed by atoms with van der Waals surface area (Å²) in [5, 5.41) is 41.3. The van der Waals surface area contributed by atoms with Crippen molar-refractivity contribution in [1.82, 2.24) is 10.6 Å². The van der Waals surface area contributed by atoms with Crippen molar-refractivity contribution >= 4 is 29.5 Å². The van der Waals surface area contributed by atoms with Gasteiger partial charge in [0, 0.05) is 19.9 Å². The summed E-state index contributed by atoms with van der Waals surface area (Å²) in [7, 11) is 0. The molecule has 0 aliphatic carbocycles. The van der Waals surface area contributed by atoms with Gasteiger partial charge in [-0.25, -0.2) is 4.79 Å². The van der Waals surface area contributed by atoms with Gasteiger partial charge >= 0.3 is 11.9 Å². The number of amides is 2. The highest BCUT2D eigenvalue weighted by Crippen LogP contribution is 2.22. The number of carbonyl (C=O) groups is 5. The zero-order chi connectivity index (χ0) is 31.6. The number of carbonyl (C=O) groups excluding carboxylic acids is 4. The molecule has 0 aromatic carbocycles. The van der Waals surface area contributed by atoms with Gasteiger partial charge in [0.05, 0.1) is 5.41 Å². The van der Waals surface area contributed by atoms with E-state index in [0.717, 1.165) is 6.92 Å². The fourth-order valence-corrected chi connectivity index (χ4v) is 2.85. The molecule has 22 heteroatoms. The van der Waals surface area contributed by atoms with Crippen LogP contribution < -0.4 is 16.4 Å². The van der Waals surface area contributed by atoms with Crippen LogP contribution in [0, 0.1) is 35.8 Å². The van der Waals surface area contributed by atoms with Crippen molar-refractivity contribution < 1.29 is 63.6 Å². The van der Waals surface area contributed by atoms with Crippen molar-refractivity contribution in [3.05, 3.63) is 30.3 Å². The monoisotopic (exact) mass is 598 g/mol. The Morgan fingerprint density at radius 3 is 1.83 bits per heavy atom. The van der Waals surface area contributed by atoms with E-state index in [2.05, 4.69) is 25.1 Å². The average molecular weight is 598 g/mol. The second-order valence-corrected chi connectivity index (χ2v) is 8.51. The van der Waals surface area contributed by atoms with Crippen LogP contribution in [0.3, 0.4) is 0 Å². The van der Waals surface area contributed by atoms with Gasteiger partial charge in [-0.1, -0.05) is 0 Å². The number of aliphatic carboxylic acids is 1. The maximum atomic E-state index is 12.7. The SMILES string of the molecule is CC(=O)C(=O)N[C@@H](CCCCNC(=O)CC[C@H](N)C(=O)O)C(=O)OCC(CO[N+](=O)[O-])(CO[N+](=O)[O-])CO[N+](=O)[O-]. The van der Waals surface area contributed by atoms with Crippen LogP contribution >= 0.6 is 0 Å². The zero-order valence-corrected chi connectivity index (χ0v) is 21.7. The Hall–Kier alpha value is -4.89. The van der Waals surface area contributed by atoms with E-state index in [0.29, 0.717) is 0 Å². The van der Waals surface area contributed by atoms with Gasteiger partial charge in [0.25, 0.3) is 21.2 Å². The van der Waals surface area contributed by atoms with Gasteiger partial charge in [-0.3, -0.25) is 19.2 Å². The summed E-state index contributed by atoms with van der Waals surface area (Å²) in [6.07, 6.45) is -0.0202. The molecule has 0 aliphatic rings. The van der Waals surface area contributed by atoms with Gasteiger partial charge in [0.1, 0.15) is 38.5 Å².